The second-order valence-electron chi connectivity index (χ2n) is 13.4. The fraction of sp³-hybridized carbons (Fsp3) is 0.163. The molecule has 0 saturated carbocycles. The summed E-state index contributed by atoms with van der Waals surface area (Å²) in [7, 11) is 0. The van der Waals surface area contributed by atoms with Crippen LogP contribution >= 0.6 is 0 Å². The molecule has 44 heavy (non-hydrogen) atoms. The summed E-state index contributed by atoms with van der Waals surface area (Å²) in [6.45, 7) is 9.56. The number of benzene rings is 6. The molecule has 0 unspecified atom stereocenters. The molecule has 6 aromatic carbocycles. The second-order valence-corrected chi connectivity index (χ2v) is 13.4. The first-order valence-corrected chi connectivity index (χ1v) is 15.7. The number of para-hydroxylation sites is 1. The monoisotopic (exact) mass is 569 g/mol. The molecule has 216 valence electrons. The van der Waals surface area contributed by atoms with E-state index in [4.69, 9.17) is 0 Å². The van der Waals surface area contributed by atoms with Crippen molar-refractivity contribution in [2.24, 2.45) is 0 Å². The van der Waals surface area contributed by atoms with Crippen LogP contribution in [0.4, 0.5) is 17.1 Å². The molecule has 1 aliphatic rings. The highest BCUT2D eigenvalue weighted by Crippen LogP contribution is 2.51. The van der Waals surface area contributed by atoms with Gasteiger partial charge in [-0.15, -0.1) is 0 Å². The Bertz CT molecular complexity index is 1850. The van der Waals surface area contributed by atoms with Gasteiger partial charge in [-0.05, 0) is 86.5 Å². The minimum Gasteiger partial charge on any atom is -0.310 e. The van der Waals surface area contributed by atoms with E-state index < -0.39 is 0 Å². The minimum absolute atomic E-state index is 0.136. The van der Waals surface area contributed by atoms with Crippen LogP contribution in [-0.4, -0.2) is 0 Å². The molecule has 1 heteroatoms. The highest BCUT2D eigenvalue weighted by Gasteiger charge is 2.41. The molecular weight excluding hydrogens is 530 g/mol. The normalized spacial score (nSPS) is 14.6. The van der Waals surface area contributed by atoms with Gasteiger partial charge in [-0.3, -0.25) is 0 Å². The van der Waals surface area contributed by atoms with Gasteiger partial charge in [0.2, 0.25) is 0 Å². The summed E-state index contributed by atoms with van der Waals surface area (Å²) in [5, 5.41) is 0. The Hall–Kier alpha value is -4.88. The van der Waals surface area contributed by atoms with E-state index in [2.05, 4.69) is 184 Å². The molecule has 0 saturated heterocycles. The van der Waals surface area contributed by atoms with Crippen LogP contribution in [0.3, 0.4) is 0 Å². The van der Waals surface area contributed by atoms with E-state index in [1.54, 1.807) is 0 Å². The van der Waals surface area contributed by atoms with Crippen molar-refractivity contribution in [3.8, 4) is 33.4 Å². The van der Waals surface area contributed by atoms with E-state index >= 15 is 0 Å². The first kappa shape index (κ1) is 27.9. The average molecular weight is 570 g/mol. The highest BCUT2D eigenvalue weighted by molar-refractivity contribution is 5.90. The Morgan fingerprint density at radius 1 is 0.409 bits per heavy atom. The van der Waals surface area contributed by atoms with E-state index in [9.17, 15) is 0 Å². The first-order chi connectivity index (χ1) is 21.3. The van der Waals surface area contributed by atoms with Gasteiger partial charge in [0, 0.05) is 16.9 Å². The van der Waals surface area contributed by atoms with Gasteiger partial charge in [0.25, 0.3) is 0 Å². The van der Waals surface area contributed by atoms with Crippen molar-refractivity contribution < 1.29 is 0 Å². The van der Waals surface area contributed by atoms with Gasteiger partial charge < -0.3 is 4.90 Å². The maximum atomic E-state index is 2.46. The molecular formula is C43H39N. The van der Waals surface area contributed by atoms with Crippen molar-refractivity contribution in [3.05, 3.63) is 163 Å². The summed E-state index contributed by atoms with van der Waals surface area (Å²) in [5.74, 6) is 0. The van der Waals surface area contributed by atoms with Crippen molar-refractivity contribution >= 4 is 17.1 Å². The molecule has 6 aromatic rings. The Morgan fingerprint density at radius 3 is 1.50 bits per heavy atom. The maximum Gasteiger partial charge on any atom is 0.0540 e. The molecule has 1 aliphatic carbocycles. The van der Waals surface area contributed by atoms with E-state index in [0.717, 1.165) is 23.5 Å². The van der Waals surface area contributed by atoms with Crippen molar-refractivity contribution in [2.45, 2.75) is 44.9 Å². The third-order valence-electron chi connectivity index (χ3n) is 9.24. The highest BCUT2D eigenvalue weighted by atomic mass is 15.1. The van der Waals surface area contributed by atoms with Gasteiger partial charge in [-0.2, -0.15) is 0 Å². The molecule has 0 spiro atoms. The molecule has 0 aliphatic heterocycles. The molecule has 0 aromatic heterocycles. The van der Waals surface area contributed by atoms with Crippen molar-refractivity contribution in [2.75, 3.05) is 4.90 Å². The van der Waals surface area contributed by atoms with Gasteiger partial charge in [-0.1, -0.05) is 149 Å². The Kier molecular flexibility index (Phi) is 6.98. The standard InChI is InChI=1S/C43H39N/c1-42(2)30-43(3,4)40-29-35(25-26-39(40)42)38-23-11-12-24-41(38)44(36-21-13-19-33(27-36)31-15-7-5-8-16-31)37-22-14-20-34(28-37)32-17-9-6-10-18-32/h5-29H,30H2,1-4H3. The van der Waals surface area contributed by atoms with Crippen LogP contribution in [0.1, 0.15) is 45.2 Å². The van der Waals surface area contributed by atoms with E-state index in [-0.39, 0.29) is 10.8 Å². The third kappa shape index (κ3) is 5.13. The number of hydrogen-bond acceptors (Lipinski definition) is 1. The molecule has 0 radical (unpaired) electrons. The fourth-order valence-electron chi connectivity index (χ4n) is 7.41. The summed E-state index contributed by atoms with van der Waals surface area (Å²) in [6.07, 6.45) is 1.16. The number of hydrogen-bond donors (Lipinski definition) is 0. The number of rotatable bonds is 6. The second kappa shape index (κ2) is 11.0. The van der Waals surface area contributed by atoms with Gasteiger partial charge in [0.15, 0.2) is 0 Å². The number of fused-ring (bicyclic) bond motifs is 1. The molecule has 0 fully saturated rings. The van der Waals surface area contributed by atoms with Crippen molar-refractivity contribution in [1.29, 1.82) is 0 Å². The lowest BCUT2D eigenvalue weighted by Gasteiger charge is -2.29. The van der Waals surface area contributed by atoms with Crippen LogP contribution in [0.2, 0.25) is 0 Å². The van der Waals surface area contributed by atoms with Gasteiger partial charge in [0.05, 0.1) is 5.69 Å². The lowest BCUT2D eigenvalue weighted by atomic mass is 9.82. The largest absolute Gasteiger partial charge is 0.310 e. The molecule has 0 heterocycles. The van der Waals surface area contributed by atoms with Crippen LogP contribution < -0.4 is 4.90 Å². The molecule has 0 atom stereocenters. The maximum absolute atomic E-state index is 2.46. The summed E-state index contributed by atoms with van der Waals surface area (Å²) >= 11 is 0. The third-order valence-corrected chi connectivity index (χ3v) is 9.24. The lowest BCUT2D eigenvalue weighted by molar-refractivity contribution is 0.403. The van der Waals surface area contributed by atoms with Gasteiger partial charge in [-0.25, -0.2) is 0 Å². The van der Waals surface area contributed by atoms with E-state index in [0.29, 0.717) is 0 Å². The van der Waals surface area contributed by atoms with Crippen molar-refractivity contribution in [3.63, 3.8) is 0 Å². The SMILES string of the molecule is CC1(C)CC(C)(C)c2cc(-c3ccccc3N(c3cccc(-c4ccccc4)c3)c3cccc(-c4ccccc4)c3)ccc21. The Labute approximate surface area is 262 Å². The van der Waals surface area contributed by atoms with Crippen LogP contribution in [0, 0.1) is 0 Å². The number of anilines is 3. The van der Waals surface area contributed by atoms with Crippen LogP contribution in [0.15, 0.2) is 152 Å². The van der Waals surface area contributed by atoms with Crippen molar-refractivity contribution in [1.82, 2.24) is 0 Å². The zero-order chi connectivity index (χ0) is 30.3. The predicted octanol–water partition coefficient (Wildman–Crippen LogP) is 12.1. The zero-order valence-electron chi connectivity index (χ0n) is 26.1. The minimum atomic E-state index is 0.136. The smallest absolute Gasteiger partial charge is 0.0540 e. The predicted molar refractivity (Wildman–Crippen MR) is 188 cm³/mol. The summed E-state index contributed by atoms with van der Waals surface area (Å²) in [4.78, 5) is 2.43. The van der Waals surface area contributed by atoms with Crippen LogP contribution in [0.25, 0.3) is 33.4 Å². The van der Waals surface area contributed by atoms with Crippen LogP contribution in [0.5, 0.6) is 0 Å². The van der Waals surface area contributed by atoms with E-state index in [1.807, 2.05) is 0 Å². The van der Waals surface area contributed by atoms with Gasteiger partial charge >= 0.3 is 0 Å². The quantitative estimate of drug-likeness (QED) is 0.193. The summed E-state index contributed by atoms with van der Waals surface area (Å²) < 4.78 is 0. The topological polar surface area (TPSA) is 3.24 Å². The molecule has 0 N–H and O–H groups in total. The lowest BCUT2D eigenvalue weighted by Crippen LogP contribution is -2.17. The molecule has 7 rings (SSSR count). The average Bonchev–Trinajstić information content (AvgIpc) is 3.25. The first-order valence-electron chi connectivity index (χ1n) is 15.7. The zero-order valence-corrected chi connectivity index (χ0v) is 26.1. The summed E-state index contributed by atoms with van der Waals surface area (Å²) in [5.41, 5.74) is 14.0. The van der Waals surface area contributed by atoms with Crippen LogP contribution in [-0.2, 0) is 10.8 Å². The molecule has 0 bridgehead atoms. The molecule has 0 amide bonds. The number of nitrogens with zero attached hydrogens (tertiary/aromatic N) is 1. The Morgan fingerprint density at radius 2 is 0.909 bits per heavy atom. The van der Waals surface area contributed by atoms with E-state index in [1.165, 1.54) is 44.5 Å². The fourth-order valence-corrected chi connectivity index (χ4v) is 7.41. The molecule has 1 nitrogen and oxygen atoms in total. The Balaban J connectivity index is 1.43. The summed E-state index contributed by atoms with van der Waals surface area (Å²) in [6, 6.07) is 55.2. The van der Waals surface area contributed by atoms with Gasteiger partial charge in [0.1, 0.15) is 0 Å².